The Morgan fingerprint density at radius 2 is 1.81 bits per heavy atom. The molecule has 6 nitrogen and oxygen atoms in total. The number of carbonyl (C=O) groups is 1. The number of benzene rings is 1. The standard InChI is InChI=1S/C19H26N2O4S2/c1-6-21(7-2)27(23,24)15-9-10-17(25-8-3)16(12-15)20-19(22)18-11-13(4)14(5)26-18/h9-12H,6-8H2,1-5H3,(H,20,22). The van der Waals surface area contributed by atoms with E-state index < -0.39 is 10.0 Å². The summed E-state index contributed by atoms with van der Waals surface area (Å²) in [5.74, 6) is 0.156. The molecule has 27 heavy (non-hydrogen) atoms. The predicted molar refractivity (Wildman–Crippen MR) is 109 cm³/mol. The number of amides is 1. The van der Waals surface area contributed by atoms with Gasteiger partial charge in [-0.15, -0.1) is 11.3 Å². The SMILES string of the molecule is CCOc1ccc(S(=O)(=O)N(CC)CC)cc1NC(=O)c1cc(C)c(C)s1. The Morgan fingerprint density at radius 3 is 2.33 bits per heavy atom. The van der Waals surface area contributed by atoms with Gasteiger partial charge in [-0.25, -0.2) is 8.42 Å². The van der Waals surface area contributed by atoms with Crippen molar-refractivity contribution < 1.29 is 17.9 Å². The van der Waals surface area contributed by atoms with Crippen molar-refractivity contribution in [1.29, 1.82) is 0 Å². The predicted octanol–water partition coefficient (Wildman–Crippen LogP) is 4.05. The first-order valence-corrected chi connectivity index (χ1v) is 11.2. The number of carbonyl (C=O) groups excluding carboxylic acids is 1. The maximum atomic E-state index is 12.8. The van der Waals surface area contributed by atoms with Gasteiger partial charge in [0, 0.05) is 18.0 Å². The van der Waals surface area contributed by atoms with E-state index in [0.717, 1.165) is 10.4 Å². The molecule has 2 aromatic rings. The van der Waals surface area contributed by atoms with E-state index in [9.17, 15) is 13.2 Å². The molecule has 0 fully saturated rings. The van der Waals surface area contributed by atoms with Gasteiger partial charge in [0.2, 0.25) is 10.0 Å². The monoisotopic (exact) mass is 410 g/mol. The van der Waals surface area contributed by atoms with Crippen LogP contribution in [0.25, 0.3) is 0 Å². The van der Waals surface area contributed by atoms with Gasteiger partial charge in [0.15, 0.2) is 0 Å². The second kappa shape index (κ2) is 8.86. The average molecular weight is 411 g/mol. The third-order valence-electron chi connectivity index (χ3n) is 4.23. The first kappa shape index (κ1) is 21.4. The molecule has 2 rings (SSSR count). The average Bonchev–Trinajstić information content (AvgIpc) is 2.96. The highest BCUT2D eigenvalue weighted by Crippen LogP contribution is 2.30. The molecule has 0 atom stereocenters. The Kier molecular flexibility index (Phi) is 7.02. The Bertz CT molecular complexity index is 896. The van der Waals surface area contributed by atoms with Gasteiger partial charge in [-0.1, -0.05) is 13.8 Å². The quantitative estimate of drug-likeness (QED) is 0.712. The molecule has 0 radical (unpaired) electrons. The topological polar surface area (TPSA) is 75.7 Å². The maximum Gasteiger partial charge on any atom is 0.265 e. The van der Waals surface area contributed by atoms with E-state index in [4.69, 9.17) is 4.74 Å². The summed E-state index contributed by atoms with van der Waals surface area (Å²) >= 11 is 1.40. The van der Waals surface area contributed by atoms with Crippen molar-refractivity contribution in [3.05, 3.63) is 39.6 Å². The van der Waals surface area contributed by atoms with Crippen LogP contribution in [0.1, 0.15) is 40.9 Å². The van der Waals surface area contributed by atoms with E-state index in [0.29, 0.717) is 36.0 Å². The summed E-state index contributed by atoms with van der Waals surface area (Å²) in [5, 5.41) is 2.80. The molecule has 0 unspecified atom stereocenters. The van der Waals surface area contributed by atoms with Gasteiger partial charge in [0.05, 0.1) is 22.1 Å². The molecule has 8 heteroatoms. The second-order valence-electron chi connectivity index (χ2n) is 5.98. The van der Waals surface area contributed by atoms with Crippen molar-refractivity contribution in [2.75, 3.05) is 25.0 Å². The highest BCUT2D eigenvalue weighted by Gasteiger charge is 2.23. The number of ether oxygens (including phenoxy) is 1. The van der Waals surface area contributed by atoms with Gasteiger partial charge >= 0.3 is 0 Å². The fourth-order valence-electron chi connectivity index (χ4n) is 2.63. The van der Waals surface area contributed by atoms with Crippen LogP contribution in [-0.2, 0) is 10.0 Å². The van der Waals surface area contributed by atoms with E-state index in [2.05, 4.69) is 5.32 Å². The smallest absolute Gasteiger partial charge is 0.265 e. The van der Waals surface area contributed by atoms with Crippen LogP contribution in [0.5, 0.6) is 5.75 Å². The highest BCUT2D eigenvalue weighted by atomic mass is 32.2. The van der Waals surface area contributed by atoms with Gasteiger partial charge < -0.3 is 10.1 Å². The number of nitrogens with zero attached hydrogens (tertiary/aromatic N) is 1. The summed E-state index contributed by atoms with van der Waals surface area (Å²) in [6.07, 6.45) is 0. The van der Waals surface area contributed by atoms with Crippen molar-refractivity contribution in [3.63, 3.8) is 0 Å². The van der Waals surface area contributed by atoms with Gasteiger partial charge in [-0.2, -0.15) is 4.31 Å². The van der Waals surface area contributed by atoms with E-state index in [1.165, 1.54) is 27.8 Å². The van der Waals surface area contributed by atoms with Crippen LogP contribution < -0.4 is 10.1 Å². The number of thiophene rings is 1. The fraction of sp³-hybridized carbons (Fsp3) is 0.421. The number of anilines is 1. The van der Waals surface area contributed by atoms with Crippen molar-refractivity contribution in [3.8, 4) is 5.75 Å². The molecule has 0 aliphatic carbocycles. The van der Waals surface area contributed by atoms with Gasteiger partial charge in [-0.05, 0) is 50.6 Å². The number of hydrogen-bond acceptors (Lipinski definition) is 5. The van der Waals surface area contributed by atoms with Crippen LogP contribution in [0.3, 0.4) is 0 Å². The van der Waals surface area contributed by atoms with Crippen LogP contribution in [0.2, 0.25) is 0 Å². The Morgan fingerprint density at radius 1 is 1.15 bits per heavy atom. The Balaban J connectivity index is 2.42. The number of sulfonamides is 1. The molecule has 1 N–H and O–H groups in total. The lowest BCUT2D eigenvalue weighted by molar-refractivity contribution is 0.103. The lowest BCUT2D eigenvalue weighted by atomic mass is 10.2. The summed E-state index contributed by atoms with van der Waals surface area (Å²) in [5.41, 5.74) is 1.40. The molecule has 0 saturated heterocycles. The third kappa shape index (κ3) is 4.69. The fourth-order valence-corrected chi connectivity index (χ4v) is 5.04. The van der Waals surface area contributed by atoms with Gasteiger partial charge in [0.25, 0.3) is 5.91 Å². The van der Waals surface area contributed by atoms with Crippen molar-refractivity contribution >= 4 is 33.0 Å². The molecule has 1 aromatic carbocycles. The largest absolute Gasteiger partial charge is 0.492 e. The molecule has 0 saturated carbocycles. The molecule has 0 bridgehead atoms. The molecule has 1 amide bonds. The minimum Gasteiger partial charge on any atom is -0.492 e. The van der Waals surface area contributed by atoms with Crippen molar-refractivity contribution in [2.24, 2.45) is 0 Å². The highest BCUT2D eigenvalue weighted by molar-refractivity contribution is 7.89. The van der Waals surface area contributed by atoms with E-state index >= 15 is 0 Å². The van der Waals surface area contributed by atoms with E-state index in [-0.39, 0.29) is 10.8 Å². The zero-order valence-electron chi connectivity index (χ0n) is 16.3. The molecule has 1 aromatic heterocycles. The molecule has 0 spiro atoms. The summed E-state index contributed by atoms with van der Waals surface area (Å²) in [6.45, 7) is 10.5. The zero-order chi connectivity index (χ0) is 20.2. The first-order chi connectivity index (χ1) is 12.7. The van der Waals surface area contributed by atoms with Crippen LogP contribution in [0.15, 0.2) is 29.2 Å². The molecule has 0 aliphatic rings. The molecular weight excluding hydrogens is 384 g/mol. The van der Waals surface area contributed by atoms with Crippen LogP contribution in [0.4, 0.5) is 5.69 Å². The van der Waals surface area contributed by atoms with E-state index in [1.54, 1.807) is 19.9 Å². The van der Waals surface area contributed by atoms with Gasteiger partial charge in [0.1, 0.15) is 5.75 Å². The minimum absolute atomic E-state index is 0.128. The number of nitrogens with one attached hydrogen (secondary N) is 1. The first-order valence-electron chi connectivity index (χ1n) is 8.89. The Hall–Kier alpha value is -1.90. The lowest BCUT2D eigenvalue weighted by Gasteiger charge is -2.20. The zero-order valence-corrected chi connectivity index (χ0v) is 18.0. The third-order valence-corrected chi connectivity index (χ3v) is 7.43. The number of aryl methyl sites for hydroxylation is 2. The van der Waals surface area contributed by atoms with Crippen molar-refractivity contribution in [1.82, 2.24) is 4.31 Å². The number of hydrogen-bond donors (Lipinski definition) is 1. The number of rotatable bonds is 8. The minimum atomic E-state index is -3.63. The molecule has 0 aliphatic heterocycles. The van der Waals surface area contributed by atoms with Gasteiger partial charge in [-0.3, -0.25) is 4.79 Å². The Labute approximate surface area is 165 Å². The molecule has 1 heterocycles. The van der Waals surface area contributed by atoms with Crippen LogP contribution >= 0.6 is 11.3 Å². The summed E-state index contributed by atoms with van der Waals surface area (Å²) < 4.78 is 32.5. The van der Waals surface area contributed by atoms with Crippen LogP contribution in [-0.4, -0.2) is 38.3 Å². The maximum absolute atomic E-state index is 12.8. The van der Waals surface area contributed by atoms with E-state index in [1.807, 2.05) is 26.8 Å². The second-order valence-corrected chi connectivity index (χ2v) is 9.18. The lowest BCUT2D eigenvalue weighted by Crippen LogP contribution is -2.30. The van der Waals surface area contributed by atoms with Crippen LogP contribution in [0, 0.1) is 13.8 Å². The summed E-state index contributed by atoms with van der Waals surface area (Å²) in [4.78, 5) is 14.4. The summed E-state index contributed by atoms with van der Waals surface area (Å²) in [6, 6.07) is 6.38. The molecule has 148 valence electrons. The summed E-state index contributed by atoms with van der Waals surface area (Å²) in [7, 11) is -3.63. The normalized spacial score (nSPS) is 11.6. The molecular formula is C19H26N2O4S2. The van der Waals surface area contributed by atoms with Crippen molar-refractivity contribution in [2.45, 2.75) is 39.5 Å².